The van der Waals surface area contributed by atoms with E-state index in [1.807, 2.05) is 42.5 Å². The van der Waals surface area contributed by atoms with E-state index in [0.717, 1.165) is 12.0 Å². The molecule has 24 heavy (non-hydrogen) atoms. The molecule has 122 valence electrons. The second-order valence-electron chi connectivity index (χ2n) is 5.54. The fourth-order valence-corrected chi connectivity index (χ4v) is 2.56. The molecule has 3 aromatic rings. The first-order chi connectivity index (χ1) is 11.7. The zero-order valence-corrected chi connectivity index (χ0v) is 13.9. The molecule has 0 saturated carbocycles. The minimum Gasteiger partial charge on any atom is -0.492 e. The van der Waals surface area contributed by atoms with Crippen LogP contribution in [0.25, 0.3) is 0 Å². The lowest BCUT2D eigenvalue weighted by molar-refractivity contribution is 0.318. The molecule has 0 atom stereocenters. The van der Waals surface area contributed by atoms with Gasteiger partial charge in [0.25, 0.3) is 5.56 Å². The van der Waals surface area contributed by atoms with Crippen LogP contribution in [0.2, 0.25) is 5.02 Å². The van der Waals surface area contributed by atoms with Crippen LogP contribution < -0.4 is 10.3 Å². The van der Waals surface area contributed by atoms with E-state index in [1.165, 1.54) is 11.6 Å². The van der Waals surface area contributed by atoms with Crippen molar-refractivity contribution in [3.8, 4) is 5.75 Å². The van der Waals surface area contributed by atoms with Crippen LogP contribution in [0.3, 0.4) is 0 Å². The summed E-state index contributed by atoms with van der Waals surface area (Å²) in [7, 11) is 0. The number of hydrogen-bond donors (Lipinski definition) is 0. The Balaban J connectivity index is 1.65. The Morgan fingerprint density at radius 2 is 1.62 bits per heavy atom. The molecule has 0 saturated heterocycles. The third-order valence-corrected chi connectivity index (χ3v) is 3.98. The van der Waals surface area contributed by atoms with Crippen LogP contribution in [0.15, 0.2) is 77.7 Å². The summed E-state index contributed by atoms with van der Waals surface area (Å²) < 4.78 is 7.42. The van der Waals surface area contributed by atoms with Gasteiger partial charge in [0.05, 0.1) is 13.2 Å². The fourth-order valence-electron chi connectivity index (χ4n) is 2.44. The molecule has 0 fully saturated rings. The van der Waals surface area contributed by atoms with E-state index in [4.69, 9.17) is 16.3 Å². The summed E-state index contributed by atoms with van der Waals surface area (Å²) in [5.41, 5.74) is 2.19. The molecule has 0 N–H and O–H groups in total. The van der Waals surface area contributed by atoms with Crippen molar-refractivity contribution in [3.63, 3.8) is 0 Å². The van der Waals surface area contributed by atoms with Gasteiger partial charge in [0, 0.05) is 23.7 Å². The lowest BCUT2D eigenvalue weighted by atomic mass is 10.2. The maximum Gasteiger partial charge on any atom is 0.251 e. The molecule has 4 heteroatoms. The van der Waals surface area contributed by atoms with Gasteiger partial charge in [0.1, 0.15) is 5.75 Å². The summed E-state index contributed by atoms with van der Waals surface area (Å²) in [6.07, 6.45) is 2.58. The number of rotatable bonds is 6. The lowest BCUT2D eigenvalue weighted by Gasteiger charge is -2.10. The molecule has 3 rings (SSSR count). The Morgan fingerprint density at radius 3 is 2.38 bits per heavy atom. The van der Waals surface area contributed by atoms with Crippen LogP contribution in [-0.4, -0.2) is 11.2 Å². The van der Waals surface area contributed by atoms with Crippen molar-refractivity contribution < 1.29 is 4.74 Å². The fraction of sp³-hybridized carbons (Fsp3) is 0.150. The van der Waals surface area contributed by atoms with E-state index in [-0.39, 0.29) is 5.56 Å². The molecule has 0 aliphatic rings. The third-order valence-electron chi connectivity index (χ3n) is 3.72. The van der Waals surface area contributed by atoms with Crippen LogP contribution in [0.5, 0.6) is 5.75 Å². The van der Waals surface area contributed by atoms with Gasteiger partial charge in [-0.1, -0.05) is 54.1 Å². The van der Waals surface area contributed by atoms with E-state index < -0.39 is 0 Å². The van der Waals surface area contributed by atoms with E-state index in [2.05, 4.69) is 12.1 Å². The van der Waals surface area contributed by atoms with Crippen molar-refractivity contribution in [1.82, 2.24) is 4.57 Å². The van der Waals surface area contributed by atoms with Crippen LogP contribution in [-0.2, 0) is 13.0 Å². The van der Waals surface area contributed by atoms with Gasteiger partial charge in [-0.2, -0.15) is 0 Å². The number of hydrogen-bond acceptors (Lipinski definition) is 2. The van der Waals surface area contributed by atoms with Gasteiger partial charge in [-0.25, -0.2) is 0 Å². The monoisotopic (exact) mass is 339 g/mol. The number of benzene rings is 2. The SMILES string of the molecule is O=c1ccc(OCCc2ccccc2)cn1Cc1ccc(Cl)cc1. The second kappa shape index (κ2) is 7.84. The molecule has 1 heterocycles. The highest BCUT2D eigenvalue weighted by Crippen LogP contribution is 2.12. The smallest absolute Gasteiger partial charge is 0.251 e. The molecule has 1 aromatic heterocycles. The van der Waals surface area contributed by atoms with Gasteiger partial charge in [0.2, 0.25) is 0 Å². The second-order valence-corrected chi connectivity index (χ2v) is 5.98. The van der Waals surface area contributed by atoms with E-state index in [0.29, 0.717) is 23.9 Å². The zero-order valence-electron chi connectivity index (χ0n) is 13.2. The van der Waals surface area contributed by atoms with Crippen LogP contribution in [0.1, 0.15) is 11.1 Å². The minimum atomic E-state index is -0.0552. The largest absolute Gasteiger partial charge is 0.492 e. The quantitative estimate of drug-likeness (QED) is 0.675. The van der Waals surface area contributed by atoms with Gasteiger partial charge in [-0.15, -0.1) is 0 Å². The Morgan fingerprint density at radius 1 is 0.875 bits per heavy atom. The number of pyridine rings is 1. The van der Waals surface area contributed by atoms with Crippen molar-refractivity contribution in [2.75, 3.05) is 6.61 Å². The minimum absolute atomic E-state index is 0.0552. The molecule has 3 nitrogen and oxygen atoms in total. The Kier molecular flexibility index (Phi) is 5.34. The van der Waals surface area contributed by atoms with Crippen molar-refractivity contribution in [3.05, 3.63) is 99.4 Å². The first kappa shape index (κ1) is 16.3. The summed E-state index contributed by atoms with van der Waals surface area (Å²) in [5.74, 6) is 0.694. The van der Waals surface area contributed by atoms with Crippen LogP contribution >= 0.6 is 11.6 Å². The maximum absolute atomic E-state index is 12.0. The lowest BCUT2D eigenvalue weighted by Crippen LogP contribution is -2.19. The topological polar surface area (TPSA) is 31.2 Å². The molecule has 0 aliphatic heterocycles. The molecule has 0 spiro atoms. The van der Waals surface area contributed by atoms with Crippen molar-refractivity contribution in [2.45, 2.75) is 13.0 Å². The predicted molar refractivity (Wildman–Crippen MR) is 96.9 cm³/mol. The van der Waals surface area contributed by atoms with Gasteiger partial charge in [0.15, 0.2) is 0 Å². The summed E-state index contributed by atoms with van der Waals surface area (Å²) in [5, 5.41) is 0.684. The molecule has 0 amide bonds. The third kappa shape index (κ3) is 4.49. The van der Waals surface area contributed by atoms with Crippen LogP contribution in [0, 0.1) is 0 Å². The molecular weight excluding hydrogens is 322 g/mol. The molecule has 0 bridgehead atoms. The highest BCUT2D eigenvalue weighted by molar-refractivity contribution is 6.30. The Bertz CT molecular complexity index is 842. The summed E-state index contributed by atoms with van der Waals surface area (Å²) in [6.45, 7) is 1.06. The van der Waals surface area contributed by atoms with Crippen LogP contribution in [0.4, 0.5) is 0 Å². The van der Waals surface area contributed by atoms with E-state index in [1.54, 1.807) is 16.8 Å². The first-order valence-electron chi connectivity index (χ1n) is 7.82. The van der Waals surface area contributed by atoms with Gasteiger partial charge < -0.3 is 9.30 Å². The average molecular weight is 340 g/mol. The van der Waals surface area contributed by atoms with Gasteiger partial charge in [-0.3, -0.25) is 4.79 Å². The normalized spacial score (nSPS) is 10.5. The molecule has 0 radical (unpaired) electrons. The number of halogens is 1. The highest BCUT2D eigenvalue weighted by atomic mass is 35.5. The molecule has 2 aromatic carbocycles. The molecule has 0 unspecified atom stereocenters. The summed E-state index contributed by atoms with van der Waals surface area (Å²) >= 11 is 5.89. The van der Waals surface area contributed by atoms with Crippen molar-refractivity contribution in [1.29, 1.82) is 0 Å². The number of ether oxygens (including phenoxy) is 1. The first-order valence-corrected chi connectivity index (χ1v) is 8.20. The van der Waals surface area contributed by atoms with Gasteiger partial charge in [-0.05, 0) is 29.3 Å². The van der Waals surface area contributed by atoms with E-state index >= 15 is 0 Å². The molecular formula is C20H18ClNO2. The predicted octanol–water partition coefficient (Wildman–Crippen LogP) is 4.17. The zero-order chi connectivity index (χ0) is 16.8. The Labute approximate surface area is 146 Å². The Hall–Kier alpha value is -2.52. The van der Waals surface area contributed by atoms with Crippen molar-refractivity contribution in [2.24, 2.45) is 0 Å². The summed E-state index contributed by atoms with van der Waals surface area (Å²) in [4.78, 5) is 12.0. The number of aromatic nitrogens is 1. The standard InChI is InChI=1S/C20H18ClNO2/c21-18-8-6-17(7-9-18)14-22-15-19(10-11-20(22)23)24-13-12-16-4-2-1-3-5-16/h1-11,15H,12-14H2. The summed E-state index contributed by atoms with van der Waals surface area (Å²) in [6, 6.07) is 20.9. The maximum atomic E-state index is 12.0. The van der Waals surface area contributed by atoms with Gasteiger partial charge >= 0.3 is 0 Å². The highest BCUT2D eigenvalue weighted by Gasteiger charge is 2.02. The van der Waals surface area contributed by atoms with Crippen molar-refractivity contribution >= 4 is 11.6 Å². The van der Waals surface area contributed by atoms with E-state index in [9.17, 15) is 4.79 Å². The number of nitrogens with zero attached hydrogens (tertiary/aromatic N) is 1. The average Bonchev–Trinajstić information content (AvgIpc) is 2.61. The molecule has 0 aliphatic carbocycles.